The minimum absolute atomic E-state index is 0.389. The van der Waals surface area contributed by atoms with E-state index in [0.29, 0.717) is 6.42 Å². The number of benzene rings is 1. The van der Waals surface area contributed by atoms with Gasteiger partial charge in [-0.1, -0.05) is 56.5 Å². The third kappa shape index (κ3) is 4.98. The van der Waals surface area contributed by atoms with E-state index in [9.17, 15) is 5.26 Å². The van der Waals surface area contributed by atoms with E-state index in [4.69, 9.17) is 4.98 Å². The Balaban J connectivity index is 1.90. The van der Waals surface area contributed by atoms with Crippen LogP contribution < -0.4 is 0 Å². The van der Waals surface area contributed by atoms with Gasteiger partial charge in [-0.3, -0.25) is 4.98 Å². The maximum absolute atomic E-state index is 9.30. The summed E-state index contributed by atoms with van der Waals surface area (Å²) in [4.78, 5) is 5.95. The van der Waals surface area contributed by atoms with Crippen molar-refractivity contribution in [2.24, 2.45) is 0 Å². The Morgan fingerprint density at radius 2 is 1.96 bits per heavy atom. The summed E-state index contributed by atoms with van der Waals surface area (Å²) in [5.74, 6) is 1.09. The van der Waals surface area contributed by atoms with Gasteiger partial charge in [-0.05, 0) is 46.5 Å². The molecule has 0 radical (unpaired) electrons. The third-order valence-corrected chi connectivity index (χ3v) is 7.20. The summed E-state index contributed by atoms with van der Waals surface area (Å²) in [7, 11) is 0. The van der Waals surface area contributed by atoms with Gasteiger partial charge in [-0.2, -0.15) is 5.26 Å². The second kappa shape index (κ2) is 10.7. The summed E-state index contributed by atoms with van der Waals surface area (Å²) < 4.78 is 3.22. The van der Waals surface area contributed by atoms with Crippen LogP contribution >= 0.6 is 27.7 Å². The van der Waals surface area contributed by atoms with Crippen molar-refractivity contribution >= 4 is 33.2 Å². The SMILES string of the molecule is CCCCCCSc1c(Br)c(CC#N)n2ccnc(CCc3ccccc3)c12. The molecule has 0 saturated heterocycles. The van der Waals surface area contributed by atoms with Crippen molar-refractivity contribution in [3.05, 3.63) is 64.1 Å². The Bertz CT molecular complexity index is 944. The molecule has 3 rings (SSSR count). The Kier molecular flexibility index (Phi) is 8.00. The fourth-order valence-corrected chi connectivity index (χ4v) is 5.45. The minimum atomic E-state index is 0.389. The monoisotopic (exact) mass is 455 g/mol. The summed E-state index contributed by atoms with van der Waals surface area (Å²) in [6, 6.07) is 12.9. The van der Waals surface area contributed by atoms with Crippen LogP contribution in [0.1, 0.15) is 49.6 Å². The summed E-state index contributed by atoms with van der Waals surface area (Å²) in [5.41, 5.74) is 4.61. The zero-order valence-corrected chi connectivity index (χ0v) is 18.7. The Labute approximate surface area is 180 Å². The topological polar surface area (TPSA) is 41.1 Å². The van der Waals surface area contributed by atoms with Gasteiger partial charge in [0.25, 0.3) is 0 Å². The van der Waals surface area contributed by atoms with Gasteiger partial charge in [0.1, 0.15) is 0 Å². The third-order valence-electron chi connectivity index (χ3n) is 4.90. The molecule has 0 bridgehead atoms. The molecule has 2 aromatic heterocycles. The number of thioether (sulfide) groups is 1. The van der Waals surface area contributed by atoms with Gasteiger partial charge in [-0.25, -0.2) is 0 Å². The first-order chi connectivity index (χ1) is 13.8. The first kappa shape index (κ1) is 21.0. The van der Waals surface area contributed by atoms with E-state index in [0.717, 1.165) is 40.0 Å². The van der Waals surface area contributed by atoms with Gasteiger partial charge in [0.15, 0.2) is 0 Å². The molecular formula is C23H26BrN3S. The number of aryl methyl sites for hydroxylation is 2. The molecule has 0 saturated carbocycles. The number of hydrogen-bond acceptors (Lipinski definition) is 3. The predicted molar refractivity (Wildman–Crippen MR) is 121 cm³/mol. The second-order valence-corrected chi connectivity index (χ2v) is 8.81. The van der Waals surface area contributed by atoms with Crippen molar-refractivity contribution in [3.8, 4) is 6.07 Å². The summed E-state index contributed by atoms with van der Waals surface area (Å²) in [6.45, 7) is 2.24. The minimum Gasteiger partial charge on any atom is -0.314 e. The quantitative estimate of drug-likeness (QED) is 0.254. The highest BCUT2D eigenvalue weighted by atomic mass is 79.9. The van der Waals surface area contributed by atoms with E-state index >= 15 is 0 Å². The number of aromatic nitrogens is 2. The normalized spacial score (nSPS) is 11.0. The molecule has 3 nitrogen and oxygen atoms in total. The predicted octanol–water partition coefficient (Wildman–Crippen LogP) is 6.62. The highest BCUT2D eigenvalue weighted by Crippen LogP contribution is 2.38. The van der Waals surface area contributed by atoms with E-state index in [1.165, 1.54) is 36.1 Å². The van der Waals surface area contributed by atoms with Crippen LogP contribution in [0, 0.1) is 11.3 Å². The maximum atomic E-state index is 9.30. The zero-order chi connectivity index (χ0) is 19.8. The van der Waals surface area contributed by atoms with Crippen molar-refractivity contribution in [2.75, 3.05) is 5.75 Å². The van der Waals surface area contributed by atoms with Crippen LogP contribution in [0.4, 0.5) is 0 Å². The maximum Gasteiger partial charge on any atom is 0.0819 e. The van der Waals surface area contributed by atoms with Crippen molar-refractivity contribution in [1.82, 2.24) is 9.38 Å². The number of halogens is 1. The number of rotatable bonds is 10. The van der Waals surface area contributed by atoms with Gasteiger partial charge >= 0.3 is 0 Å². The number of nitrogens with zero attached hydrogens (tertiary/aromatic N) is 3. The molecular weight excluding hydrogens is 430 g/mol. The van der Waals surface area contributed by atoms with Crippen LogP contribution in [-0.4, -0.2) is 15.1 Å². The first-order valence-electron chi connectivity index (χ1n) is 9.96. The standard InChI is InChI=1S/C23H26BrN3S/c1-2-3-4-8-17-28-23-21(24)20(13-14-25)27-16-15-26-19(22(23)27)12-11-18-9-6-5-7-10-18/h5-7,9-10,15-16H,2-4,8,11-13,17H2,1H3. The molecule has 2 heterocycles. The van der Waals surface area contributed by atoms with Crippen molar-refractivity contribution < 1.29 is 0 Å². The molecule has 0 amide bonds. The molecule has 0 fully saturated rings. The molecule has 0 N–H and O–H groups in total. The van der Waals surface area contributed by atoms with E-state index in [1.807, 2.05) is 30.2 Å². The average Bonchev–Trinajstić information content (AvgIpc) is 2.99. The number of hydrogen-bond donors (Lipinski definition) is 0. The first-order valence-corrected chi connectivity index (χ1v) is 11.7. The smallest absolute Gasteiger partial charge is 0.0819 e. The van der Waals surface area contributed by atoms with Gasteiger partial charge in [0.05, 0.1) is 33.9 Å². The lowest BCUT2D eigenvalue weighted by molar-refractivity contribution is 0.706. The fourth-order valence-electron chi connectivity index (χ4n) is 3.43. The van der Waals surface area contributed by atoms with Crippen LogP contribution in [-0.2, 0) is 19.3 Å². The molecule has 0 atom stereocenters. The van der Waals surface area contributed by atoms with Crippen LogP contribution in [0.25, 0.3) is 5.52 Å². The summed E-state index contributed by atoms with van der Waals surface area (Å²) in [6.07, 6.45) is 11.1. The number of unbranched alkanes of at least 4 members (excludes halogenated alkanes) is 3. The molecule has 28 heavy (non-hydrogen) atoms. The van der Waals surface area contributed by atoms with Gasteiger partial charge < -0.3 is 4.40 Å². The van der Waals surface area contributed by atoms with E-state index in [2.05, 4.69) is 57.6 Å². The molecule has 0 unspecified atom stereocenters. The van der Waals surface area contributed by atoms with Crippen LogP contribution in [0.3, 0.4) is 0 Å². The van der Waals surface area contributed by atoms with E-state index < -0.39 is 0 Å². The molecule has 146 valence electrons. The molecule has 0 spiro atoms. The number of fused-ring (bicyclic) bond motifs is 1. The van der Waals surface area contributed by atoms with Gasteiger partial charge in [0.2, 0.25) is 0 Å². The van der Waals surface area contributed by atoms with Crippen LogP contribution in [0.2, 0.25) is 0 Å². The Morgan fingerprint density at radius 1 is 1.14 bits per heavy atom. The lowest BCUT2D eigenvalue weighted by atomic mass is 10.1. The van der Waals surface area contributed by atoms with Crippen molar-refractivity contribution in [2.45, 2.75) is 56.8 Å². The Hall–Kier alpha value is -1.77. The second-order valence-electron chi connectivity index (χ2n) is 6.91. The average molecular weight is 456 g/mol. The Morgan fingerprint density at radius 3 is 2.71 bits per heavy atom. The summed E-state index contributed by atoms with van der Waals surface area (Å²) >= 11 is 5.68. The van der Waals surface area contributed by atoms with E-state index in [1.54, 1.807) is 0 Å². The molecule has 0 aliphatic carbocycles. The van der Waals surface area contributed by atoms with Crippen molar-refractivity contribution in [3.63, 3.8) is 0 Å². The zero-order valence-electron chi connectivity index (χ0n) is 16.3. The lowest BCUT2D eigenvalue weighted by Gasteiger charge is -2.08. The molecule has 3 aromatic rings. The van der Waals surface area contributed by atoms with Crippen LogP contribution in [0.5, 0.6) is 0 Å². The van der Waals surface area contributed by atoms with Crippen LogP contribution in [0.15, 0.2) is 52.1 Å². The summed E-state index contributed by atoms with van der Waals surface area (Å²) in [5, 5.41) is 9.30. The fraction of sp³-hybridized carbons (Fsp3) is 0.391. The molecule has 0 aliphatic rings. The van der Waals surface area contributed by atoms with Crippen molar-refractivity contribution in [1.29, 1.82) is 5.26 Å². The lowest BCUT2D eigenvalue weighted by Crippen LogP contribution is -2.00. The molecule has 1 aromatic carbocycles. The van der Waals surface area contributed by atoms with E-state index in [-0.39, 0.29) is 0 Å². The highest BCUT2D eigenvalue weighted by molar-refractivity contribution is 9.10. The largest absolute Gasteiger partial charge is 0.314 e. The molecule has 5 heteroatoms. The highest BCUT2D eigenvalue weighted by Gasteiger charge is 2.19. The number of nitriles is 1. The molecule has 0 aliphatic heterocycles. The van der Waals surface area contributed by atoms with Gasteiger partial charge in [0, 0.05) is 17.3 Å². The van der Waals surface area contributed by atoms with Gasteiger partial charge in [-0.15, -0.1) is 11.8 Å².